The lowest BCUT2D eigenvalue weighted by molar-refractivity contribution is 0.0951. The summed E-state index contributed by atoms with van der Waals surface area (Å²) in [7, 11) is 0. The fourth-order valence-electron chi connectivity index (χ4n) is 1.54. The number of carbonyl (C=O) groups excluding carboxylic acids is 1. The minimum Gasteiger partial charge on any atom is -0.352 e. The van der Waals surface area contributed by atoms with E-state index in [2.05, 4.69) is 15.3 Å². The minimum absolute atomic E-state index is 0.105. The van der Waals surface area contributed by atoms with E-state index in [9.17, 15) is 4.79 Å². The summed E-state index contributed by atoms with van der Waals surface area (Å²) in [5.41, 5.74) is 6.74. The van der Waals surface area contributed by atoms with Crippen LogP contribution in [0.25, 0.3) is 0 Å². The molecule has 1 aromatic heterocycles. The van der Waals surface area contributed by atoms with Crippen molar-refractivity contribution in [2.45, 2.75) is 32.6 Å². The summed E-state index contributed by atoms with van der Waals surface area (Å²) in [5, 5.41) is 2.85. The van der Waals surface area contributed by atoms with Crippen LogP contribution in [0.5, 0.6) is 0 Å². The monoisotopic (exact) mass is 236 g/mol. The van der Waals surface area contributed by atoms with Gasteiger partial charge in [-0.3, -0.25) is 4.79 Å². The van der Waals surface area contributed by atoms with Crippen LogP contribution in [-0.4, -0.2) is 29.0 Å². The molecule has 1 heterocycles. The highest BCUT2D eigenvalue weighted by Crippen LogP contribution is 2.15. The summed E-state index contributed by atoms with van der Waals surface area (Å²) in [6.45, 7) is 5.31. The van der Waals surface area contributed by atoms with Gasteiger partial charge in [0.15, 0.2) is 0 Å². The van der Waals surface area contributed by atoms with E-state index in [4.69, 9.17) is 5.73 Å². The molecule has 0 spiro atoms. The number of nitrogens with two attached hydrogens (primary N) is 1. The molecular formula is C12H20N4O. The number of rotatable bonds is 6. The van der Waals surface area contributed by atoms with Gasteiger partial charge in [0.25, 0.3) is 5.91 Å². The van der Waals surface area contributed by atoms with Crippen LogP contribution in [-0.2, 0) is 0 Å². The van der Waals surface area contributed by atoms with Gasteiger partial charge in [-0.15, -0.1) is 0 Å². The van der Waals surface area contributed by atoms with Crippen molar-refractivity contribution in [2.24, 2.45) is 5.73 Å². The lowest BCUT2D eigenvalue weighted by Crippen LogP contribution is -2.26. The predicted octanol–water partition coefficient (Wildman–Crippen LogP) is 1.07. The third-order valence-electron chi connectivity index (χ3n) is 2.45. The molecule has 5 nitrogen and oxygen atoms in total. The van der Waals surface area contributed by atoms with Crippen molar-refractivity contribution in [3.05, 3.63) is 23.8 Å². The molecule has 0 fully saturated rings. The van der Waals surface area contributed by atoms with Crippen LogP contribution in [0.1, 0.15) is 48.7 Å². The quantitative estimate of drug-likeness (QED) is 0.724. The molecule has 0 aliphatic rings. The zero-order valence-corrected chi connectivity index (χ0v) is 10.4. The Hall–Kier alpha value is -1.49. The molecule has 3 N–H and O–H groups in total. The van der Waals surface area contributed by atoms with E-state index in [0.717, 1.165) is 18.5 Å². The van der Waals surface area contributed by atoms with Gasteiger partial charge in [0.2, 0.25) is 0 Å². The molecule has 0 saturated heterocycles. The predicted molar refractivity (Wildman–Crippen MR) is 66.7 cm³/mol. The van der Waals surface area contributed by atoms with Gasteiger partial charge < -0.3 is 11.1 Å². The molecule has 5 heteroatoms. The van der Waals surface area contributed by atoms with Crippen LogP contribution in [0.4, 0.5) is 0 Å². The van der Waals surface area contributed by atoms with Crippen LogP contribution >= 0.6 is 0 Å². The number of aromatic nitrogens is 2. The number of hydrogen-bond donors (Lipinski definition) is 2. The van der Waals surface area contributed by atoms with Gasteiger partial charge in [-0.2, -0.15) is 0 Å². The largest absolute Gasteiger partial charge is 0.352 e. The van der Waals surface area contributed by atoms with Crippen molar-refractivity contribution in [2.75, 3.05) is 13.1 Å². The maximum atomic E-state index is 11.9. The second-order valence-corrected chi connectivity index (χ2v) is 4.23. The molecule has 17 heavy (non-hydrogen) atoms. The van der Waals surface area contributed by atoms with E-state index in [1.807, 2.05) is 13.8 Å². The average molecular weight is 236 g/mol. The van der Waals surface area contributed by atoms with Crippen LogP contribution in [0.3, 0.4) is 0 Å². The van der Waals surface area contributed by atoms with Gasteiger partial charge in [-0.05, 0) is 25.3 Å². The van der Waals surface area contributed by atoms with Crippen LogP contribution in [0.15, 0.2) is 12.5 Å². The third-order valence-corrected chi connectivity index (χ3v) is 2.45. The van der Waals surface area contributed by atoms with Crippen molar-refractivity contribution < 1.29 is 4.79 Å². The first kappa shape index (κ1) is 13.6. The Balaban J connectivity index is 2.62. The minimum atomic E-state index is -0.105. The molecule has 1 rings (SSSR count). The second-order valence-electron chi connectivity index (χ2n) is 4.23. The van der Waals surface area contributed by atoms with Crippen LogP contribution in [0, 0.1) is 0 Å². The Morgan fingerprint density at radius 2 is 2.24 bits per heavy atom. The number of nitrogens with one attached hydrogen (secondary N) is 1. The fraction of sp³-hybridized carbons (Fsp3) is 0.583. The molecule has 0 saturated carbocycles. The van der Waals surface area contributed by atoms with Gasteiger partial charge in [-0.25, -0.2) is 9.97 Å². The molecule has 0 unspecified atom stereocenters. The summed E-state index contributed by atoms with van der Waals surface area (Å²) in [5.74, 6) is 0.106. The van der Waals surface area contributed by atoms with Crippen molar-refractivity contribution >= 4 is 5.91 Å². The molecule has 0 aromatic carbocycles. The molecule has 0 bridgehead atoms. The maximum absolute atomic E-state index is 11.9. The van der Waals surface area contributed by atoms with E-state index in [-0.39, 0.29) is 11.8 Å². The molecule has 1 amide bonds. The van der Waals surface area contributed by atoms with E-state index in [1.54, 1.807) is 6.20 Å². The summed E-state index contributed by atoms with van der Waals surface area (Å²) in [6, 6.07) is 0. The molecule has 94 valence electrons. The van der Waals surface area contributed by atoms with E-state index in [1.165, 1.54) is 6.33 Å². The van der Waals surface area contributed by atoms with Crippen molar-refractivity contribution in [3.63, 3.8) is 0 Å². The highest BCUT2D eigenvalue weighted by molar-refractivity contribution is 5.95. The van der Waals surface area contributed by atoms with Crippen LogP contribution in [0.2, 0.25) is 0 Å². The highest BCUT2D eigenvalue weighted by atomic mass is 16.1. The molecule has 1 aromatic rings. The average Bonchev–Trinajstić information content (AvgIpc) is 2.34. The Morgan fingerprint density at radius 1 is 1.47 bits per heavy atom. The lowest BCUT2D eigenvalue weighted by Gasteiger charge is -2.10. The molecule has 0 radical (unpaired) electrons. The molecule has 0 atom stereocenters. The van der Waals surface area contributed by atoms with E-state index in [0.29, 0.717) is 18.7 Å². The first-order valence-electron chi connectivity index (χ1n) is 5.95. The normalized spacial score (nSPS) is 10.6. The van der Waals surface area contributed by atoms with E-state index >= 15 is 0 Å². The Morgan fingerprint density at radius 3 is 2.88 bits per heavy atom. The highest BCUT2D eigenvalue weighted by Gasteiger charge is 2.14. The van der Waals surface area contributed by atoms with Gasteiger partial charge in [0.1, 0.15) is 6.33 Å². The molecule has 0 aliphatic carbocycles. The standard InChI is InChI=1S/C12H20N4O/c1-9(2)11-10(7-14-8-16-11)12(17)15-6-4-3-5-13/h7-9H,3-6,13H2,1-2H3,(H,15,17). The van der Waals surface area contributed by atoms with E-state index < -0.39 is 0 Å². The summed E-state index contributed by atoms with van der Waals surface area (Å²) in [6.07, 6.45) is 4.86. The Bertz CT molecular complexity index is 365. The van der Waals surface area contributed by atoms with Crippen LogP contribution < -0.4 is 11.1 Å². The number of unbranched alkanes of at least 4 members (excludes halogenated alkanes) is 1. The van der Waals surface area contributed by atoms with Gasteiger partial charge in [0, 0.05) is 12.7 Å². The fourth-order valence-corrected chi connectivity index (χ4v) is 1.54. The number of amides is 1. The van der Waals surface area contributed by atoms with Gasteiger partial charge >= 0.3 is 0 Å². The Kier molecular flexibility index (Phi) is 5.56. The van der Waals surface area contributed by atoms with Crippen molar-refractivity contribution in [3.8, 4) is 0 Å². The maximum Gasteiger partial charge on any atom is 0.254 e. The molecular weight excluding hydrogens is 216 g/mol. The summed E-state index contributed by atoms with van der Waals surface area (Å²) in [4.78, 5) is 20.0. The van der Waals surface area contributed by atoms with Crippen molar-refractivity contribution in [1.82, 2.24) is 15.3 Å². The zero-order valence-electron chi connectivity index (χ0n) is 10.4. The summed E-state index contributed by atoms with van der Waals surface area (Å²) < 4.78 is 0. The summed E-state index contributed by atoms with van der Waals surface area (Å²) >= 11 is 0. The van der Waals surface area contributed by atoms with Gasteiger partial charge in [-0.1, -0.05) is 13.8 Å². The number of hydrogen-bond acceptors (Lipinski definition) is 4. The second kappa shape index (κ2) is 6.96. The van der Waals surface area contributed by atoms with Crippen molar-refractivity contribution in [1.29, 1.82) is 0 Å². The topological polar surface area (TPSA) is 80.9 Å². The first-order chi connectivity index (χ1) is 8.16. The SMILES string of the molecule is CC(C)c1ncncc1C(=O)NCCCCN. The van der Waals surface area contributed by atoms with Gasteiger partial charge in [0.05, 0.1) is 11.3 Å². The lowest BCUT2D eigenvalue weighted by atomic mass is 10.0. The first-order valence-corrected chi connectivity index (χ1v) is 5.95. The Labute approximate surface area is 102 Å². The molecule has 0 aliphatic heterocycles. The number of nitrogens with zero attached hydrogens (tertiary/aromatic N) is 2. The zero-order chi connectivity index (χ0) is 12.7. The smallest absolute Gasteiger partial charge is 0.254 e. The number of carbonyl (C=O) groups is 1. The third kappa shape index (κ3) is 4.11.